The smallest absolute Gasteiger partial charge is 0.164 e. The fourth-order valence-corrected chi connectivity index (χ4v) is 13.0. The number of hydrogen-bond donors (Lipinski definition) is 0. The molecule has 0 saturated carbocycles. The van der Waals surface area contributed by atoms with Crippen molar-refractivity contribution in [3.8, 4) is 67.8 Å². The maximum absolute atomic E-state index is 6.67. The molecule has 6 heterocycles. The standard InChI is InChI=1S/C75H43N5O3/c1-3-15-44(16-4-1)73-76-74(48-29-34-55-58-43-50(33-38-65(58)83-70(55)42-48)80-61-24-10-7-19-52(61)53-20-8-11-25-62(53)80)78-75(77-73)56-23-14-28-69-72(56)60-41-47(32-37-67(60)82-69)51-22-13-27-68-71(51)59-40-46(31-36-66(59)81-68)45-30-35-64-57(39-45)54-21-9-12-26-63(54)79(64)49-17-5-2-6-18-49/h1-43H. The Balaban J connectivity index is 0.754. The average Bonchev–Trinajstić information content (AvgIpc) is 4.40. The largest absolute Gasteiger partial charge is 0.456 e. The Kier molecular flexibility index (Phi) is 9.64. The van der Waals surface area contributed by atoms with Crippen LogP contribution in [0.5, 0.6) is 0 Å². The molecule has 8 heteroatoms. The quantitative estimate of drug-likeness (QED) is 0.158. The van der Waals surface area contributed by atoms with Gasteiger partial charge in [-0.3, -0.25) is 0 Å². The number of nitrogens with zero attached hydrogens (tertiary/aromatic N) is 5. The molecule has 0 spiro atoms. The van der Waals surface area contributed by atoms with Crippen molar-refractivity contribution in [2.75, 3.05) is 0 Å². The molecule has 83 heavy (non-hydrogen) atoms. The van der Waals surface area contributed by atoms with Gasteiger partial charge >= 0.3 is 0 Å². The topological polar surface area (TPSA) is 88.0 Å². The molecule has 0 amide bonds. The van der Waals surface area contributed by atoms with Crippen molar-refractivity contribution in [2.45, 2.75) is 0 Å². The van der Waals surface area contributed by atoms with Gasteiger partial charge in [-0.2, -0.15) is 0 Å². The Bertz CT molecular complexity index is 5650. The summed E-state index contributed by atoms with van der Waals surface area (Å²) >= 11 is 0. The predicted octanol–water partition coefficient (Wildman–Crippen LogP) is 20.1. The van der Waals surface area contributed by atoms with Crippen LogP contribution in [0, 0.1) is 0 Å². The second kappa shape index (κ2) is 17.6. The molecular formula is C75H43N5O3. The van der Waals surface area contributed by atoms with Crippen molar-refractivity contribution < 1.29 is 13.3 Å². The van der Waals surface area contributed by atoms with Crippen molar-refractivity contribution in [1.29, 1.82) is 0 Å². The molecule has 0 fully saturated rings. The van der Waals surface area contributed by atoms with E-state index in [0.29, 0.717) is 17.5 Å². The summed E-state index contributed by atoms with van der Waals surface area (Å²) in [6.45, 7) is 0. The van der Waals surface area contributed by atoms with Gasteiger partial charge < -0.3 is 22.4 Å². The first-order valence-electron chi connectivity index (χ1n) is 27.9. The van der Waals surface area contributed by atoms with E-state index in [1.165, 1.54) is 32.6 Å². The van der Waals surface area contributed by atoms with Gasteiger partial charge in [-0.25, -0.2) is 15.0 Å². The summed E-state index contributed by atoms with van der Waals surface area (Å²) in [5.41, 5.74) is 18.5. The summed E-state index contributed by atoms with van der Waals surface area (Å²) in [5, 5.41) is 10.9. The highest BCUT2D eigenvalue weighted by Gasteiger charge is 2.22. The van der Waals surface area contributed by atoms with E-state index in [9.17, 15) is 0 Å². The van der Waals surface area contributed by atoms with Gasteiger partial charge in [0.15, 0.2) is 17.5 Å². The van der Waals surface area contributed by atoms with Crippen LogP contribution in [0.15, 0.2) is 274 Å². The van der Waals surface area contributed by atoms with Gasteiger partial charge in [0.1, 0.15) is 33.5 Å². The van der Waals surface area contributed by atoms with Crippen molar-refractivity contribution in [3.63, 3.8) is 0 Å². The molecule has 0 atom stereocenters. The lowest BCUT2D eigenvalue weighted by Crippen LogP contribution is -2.00. The van der Waals surface area contributed by atoms with Crippen LogP contribution in [0.3, 0.4) is 0 Å². The number of benzene rings is 12. The van der Waals surface area contributed by atoms with Crippen molar-refractivity contribution in [2.24, 2.45) is 0 Å². The number of fused-ring (bicyclic) bond motifs is 15. The normalized spacial score (nSPS) is 12.1. The summed E-state index contributed by atoms with van der Waals surface area (Å²) in [4.78, 5) is 15.7. The van der Waals surface area contributed by atoms with E-state index in [-0.39, 0.29) is 0 Å². The van der Waals surface area contributed by atoms with E-state index >= 15 is 0 Å². The first kappa shape index (κ1) is 45.5. The van der Waals surface area contributed by atoms with Crippen LogP contribution in [0.1, 0.15) is 0 Å². The van der Waals surface area contributed by atoms with Gasteiger partial charge in [0.25, 0.3) is 0 Å². The maximum atomic E-state index is 6.67. The zero-order chi connectivity index (χ0) is 54.3. The molecule has 18 aromatic rings. The summed E-state index contributed by atoms with van der Waals surface area (Å²) < 4.78 is 24.6. The van der Waals surface area contributed by atoms with E-state index in [0.717, 1.165) is 127 Å². The fourth-order valence-electron chi connectivity index (χ4n) is 13.0. The van der Waals surface area contributed by atoms with Crippen LogP contribution >= 0.6 is 0 Å². The Morgan fingerprint density at radius 1 is 0.229 bits per heavy atom. The van der Waals surface area contributed by atoms with Gasteiger partial charge in [0, 0.05) is 81.9 Å². The second-order valence-electron chi connectivity index (χ2n) is 21.4. The minimum atomic E-state index is 0.532. The Morgan fingerprint density at radius 2 is 0.711 bits per heavy atom. The lowest BCUT2D eigenvalue weighted by molar-refractivity contribution is 0.668. The van der Waals surface area contributed by atoms with E-state index in [4.69, 9.17) is 28.2 Å². The molecule has 6 aromatic heterocycles. The highest BCUT2D eigenvalue weighted by atomic mass is 16.3. The number of furan rings is 3. The van der Waals surface area contributed by atoms with Crippen molar-refractivity contribution >= 4 is 109 Å². The van der Waals surface area contributed by atoms with Crippen LogP contribution in [0.4, 0.5) is 0 Å². The molecule has 0 radical (unpaired) electrons. The van der Waals surface area contributed by atoms with Crippen LogP contribution in [0.2, 0.25) is 0 Å². The van der Waals surface area contributed by atoms with Gasteiger partial charge in [-0.1, -0.05) is 152 Å². The molecule has 0 unspecified atom stereocenters. The summed E-state index contributed by atoms with van der Waals surface area (Å²) in [5.74, 6) is 1.63. The van der Waals surface area contributed by atoms with Crippen molar-refractivity contribution in [3.05, 3.63) is 261 Å². The van der Waals surface area contributed by atoms with Crippen LogP contribution < -0.4 is 0 Å². The third-order valence-electron chi connectivity index (χ3n) is 16.8. The number of aromatic nitrogens is 5. The molecule has 0 aliphatic carbocycles. The van der Waals surface area contributed by atoms with E-state index in [2.05, 4.69) is 228 Å². The minimum Gasteiger partial charge on any atom is -0.456 e. The van der Waals surface area contributed by atoms with Gasteiger partial charge in [0.05, 0.1) is 22.1 Å². The molecule has 386 valence electrons. The van der Waals surface area contributed by atoms with E-state index < -0.39 is 0 Å². The first-order valence-corrected chi connectivity index (χ1v) is 27.9. The van der Waals surface area contributed by atoms with Gasteiger partial charge in [-0.15, -0.1) is 0 Å². The van der Waals surface area contributed by atoms with Gasteiger partial charge in [-0.05, 0) is 131 Å². The monoisotopic (exact) mass is 1060 g/mol. The Hall–Kier alpha value is -11.4. The zero-order valence-corrected chi connectivity index (χ0v) is 44.3. The second-order valence-corrected chi connectivity index (χ2v) is 21.4. The highest BCUT2D eigenvalue weighted by molar-refractivity contribution is 6.18. The van der Waals surface area contributed by atoms with Gasteiger partial charge in [0.2, 0.25) is 0 Å². The molecule has 0 saturated heterocycles. The summed E-state index contributed by atoms with van der Waals surface area (Å²) in [6.07, 6.45) is 0. The first-order chi connectivity index (χ1) is 41.1. The molecule has 0 aliphatic heterocycles. The third kappa shape index (κ3) is 6.96. The van der Waals surface area contributed by atoms with Crippen LogP contribution in [-0.2, 0) is 0 Å². The Labute approximate surface area is 473 Å². The Morgan fingerprint density at radius 3 is 1.41 bits per heavy atom. The maximum Gasteiger partial charge on any atom is 0.164 e. The van der Waals surface area contributed by atoms with Crippen molar-refractivity contribution in [1.82, 2.24) is 24.1 Å². The predicted molar refractivity (Wildman–Crippen MR) is 338 cm³/mol. The van der Waals surface area contributed by atoms with Crippen LogP contribution in [-0.4, -0.2) is 24.1 Å². The summed E-state index contributed by atoms with van der Waals surface area (Å²) in [6, 6.07) is 91.5. The molecule has 0 N–H and O–H groups in total. The molecule has 0 bridgehead atoms. The molecule has 0 aliphatic rings. The molecule has 8 nitrogen and oxygen atoms in total. The fraction of sp³-hybridized carbons (Fsp3) is 0. The number of rotatable bonds is 7. The minimum absolute atomic E-state index is 0.532. The SMILES string of the molecule is c1ccc(-c2nc(-c3ccc4c(c3)oc3ccc(-n5c6ccccc6c6ccccc65)cc34)nc(-c3cccc4oc5ccc(-c6cccc7oc8ccc(-c9ccc%10c(c9)c9ccccc9n%10-c9ccccc9)cc8c67)cc5c34)n2)cc1. The lowest BCUT2D eigenvalue weighted by Gasteiger charge is -2.10. The molecule has 18 rings (SSSR count). The third-order valence-corrected chi connectivity index (χ3v) is 16.8. The van der Waals surface area contributed by atoms with E-state index in [1.807, 2.05) is 42.5 Å². The molecule has 12 aromatic carbocycles. The zero-order valence-electron chi connectivity index (χ0n) is 44.3. The van der Waals surface area contributed by atoms with Crippen LogP contribution in [0.25, 0.3) is 177 Å². The summed E-state index contributed by atoms with van der Waals surface area (Å²) in [7, 11) is 0. The lowest BCUT2D eigenvalue weighted by atomic mass is 9.95. The van der Waals surface area contributed by atoms with E-state index in [1.54, 1.807) is 0 Å². The molecular weight excluding hydrogens is 1020 g/mol. The highest BCUT2D eigenvalue weighted by Crippen LogP contribution is 2.44. The average molecular weight is 1060 g/mol. The number of hydrogen-bond acceptors (Lipinski definition) is 6. The number of para-hydroxylation sites is 4.